The standard InChI is InChI=1S/C12H18O2/c13-11-3-9-5-12(6-10(9)4-11)14-7-8-1-2-8/h8-10,12H,1-7H2/t9-,10+,12+. The van der Waals surface area contributed by atoms with Crippen LogP contribution in [0.1, 0.15) is 38.5 Å². The summed E-state index contributed by atoms with van der Waals surface area (Å²) in [5, 5.41) is 0. The molecule has 0 aliphatic heterocycles. The van der Waals surface area contributed by atoms with E-state index in [0.29, 0.717) is 23.7 Å². The lowest BCUT2D eigenvalue weighted by atomic mass is 10.0. The van der Waals surface area contributed by atoms with Crippen LogP contribution in [0.5, 0.6) is 0 Å². The van der Waals surface area contributed by atoms with Gasteiger partial charge in [-0.05, 0) is 43.4 Å². The van der Waals surface area contributed by atoms with Gasteiger partial charge in [0.25, 0.3) is 0 Å². The van der Waals surface area contributed by atoms with Crippen molar-refractivity contribution >= 4 is 5.78 Å². The van der Waals surface area contributed by atoms with Crippen LogP contribution in [0.4, 0.5) is 0 Å². The zero-order valence-corrected chi connectivity index (χ0v) is 8.58. The van der Waals surface area contributed by atoms with Crippen LogP contribution in [-0.2, 0) is 9.53 Å². The summed E-state index contributed by atoms with van der Waals surface area (Å²) in [7, 11) is 0. The Balaban J connectivity index is 1.48. The molecule has 0 aromatic heterocycles. The Morgan fingerprint density at radius 1 is 1.14 bits per heavy atom. The van der Waals surface area contributed by atoms with Gasteiger partial charge in [0.1, 0.15) is 5.78 Å². The second-order valence-electron chi connectivity index (χ2n) is 5.34. The summed E-state index contributed by atoms with van der Waals surface area (Å²) in [4.78, 5) is 11.2. The van der Waals surface area contributed by atoms with E-state index in [1.807, 2.05) is 0 Å². The van der Waals surface area contributed by atoms with E-state index in [1.165, 1.54) is 12.8 Å². The Hall–Kier alpha value is -0.370. The molecular weight excluding hydrogens is 176 g/mol. The summed E-state index contributed by atoms with van der Waals surface area (Å²) in [6, 6.07) is 0. The van der Waals surface area contributed by atoms with Crippen molar-refractivity contribution in [1.82, 2.24) is 0 Å². The minimum atomic E-state index is 0.485. The average Bonchev–Trinajstić information content (AvgIpc) is 2.80. The smallest absolute Gasteiger partial charge is 0.133 e. The van der Waals surface area contributed by atoms with Crippen molar-refractivity contribution in [2.24, 2.45) is 17.8 Å². The predicted molar refractivity (Wildman–Crippen MR) is 52.9 cm³/mol. The summed E-state index contributed by atoms with van der Waals surface area (Å²) in [6.45, 7) is 0.984. The molecule has 3 rings (SSSR count). The van der Waals surface area contributed by atoms with Crippen molar-refractivity contribution in [2.45, 2.75) is 44.6 Å². The van der Waals surface area contributed by atoms with Gasteiger partial charge in [-0.3, -0.25) is 4.79 Å². The highest BCUT2D eigenvalue weighted by Crippen LogP contribution is 2.44. The van der Waals surface area contributed by atoms with Crippen LogP contribution in [-0.4, -0.2) is 18.5 Å². The molecule has 2 nitrogen and oxygen atoms in total. The maximum absolute atomic E-state index is 11.2. The maximum atomic E-state index is 11.2. The highest BCUT2D eigenvalue weighted by Gasteiger charge is 2.41. The van der Waals surface area contributed by atoms with Crippen molar-refractivity contribution in [3.63, 3.8) is 0 Å². The van der Waals surface area contributed by atoms with Crippen molar-refractivity contribution in [3.05, 3.63) is 0 Å². The number of fused-ring (bicyclic) bond motifs is 1. The van der Waals surface area contributed by atoms with Crippen LogP contribution in [0.2, 0.25) is 0 Å². The fourth-order valence-corrected chi connectivity index (χ4v) is 3.02. The number of hydrogen-bond donors (Lipinski definition) is 0. The summed E-state index contributed by atoms with van der Waals surface area (Å²) < 4.78 is 5.89. The van der Waals surface area contributed by atoms with Gasteiger partial charge in [0.15, 0.2) is 0 Å². The first-order valence-corrected chi connectivity index (χ1v) is 5.94. The van der Waals surface area contributed by atoms with Crippen LogP contribution in [0, 0.1) is 17.8 Å². The highest BCUT2D eigenvalue weighted by atomic mass is 16.5. The van der Waals surface area contributed by atoms with Gasteiger partial charge in [-0.25, -0.2) is 0 Å². The quantitative estimate of drug-likeness (QED) is 0.688. The number of rotatable bonds is 3. The van der Waals surface area contributed by atoms with E-state index >= 15 is 0 Å². The highest BCUT2D eigenvalue weighted by molar-refractivity contribution is 5.81. The van der Waals surface area contributed by atoms with Gasteiger partial charge in [0, 0.05) is 19.4 Å². The lowest BCUT2D eigenvalue weighted by Crippen LogP contribution is -2.12. The minimum Gasteiger partial charge on any atom is -0.378 e. The number of ether oxygens (including phenoxy) is 1. The maximum Gasteiger partial charge on any atom is 0.133 e. The molecule has 3 atom stereocenters. The average molecular weight is 194 g/mol. The first-order valence-electron chi connectivity index (χ1n) is 5.94. The topological polar surface area (TPSA) is 26.3 Å². The van der Waals surface area contributed by atoms with Crippen LogP contribution in [0.3, 0.4) is 0 Å². The normalized spacial score (nSPS) is 41.7. The number of carbonyl (C=O) groups is 1. The van der Waals surface area contributed by atoms with Crippen LogP contribution >= 0.6 is 0 Å². The molecule has 14 heavy (non-hydrogen) atoms. The molecule has 0 aromatic rings. The van der Waals surface area contributed by atoms with E-state index < -0.39 is 0 Å². The molecule has 0 spiro atoms. The molecule has 0 N–H and O–H groups in total. The molecule has 0 saturated heterocycles. The predicted octanol–water partition coefficient (Wildman–Crippen LogP) is 2.17. The second kappa shape index (κ2) is 3.34. The van der Waals surface area contributed by atoms with E-state index in [9.17, 15) is 4.79 Å². The minimum absolute atomic E-state index is 0.485. The van der Waals surface area contributed by atoms with Crippen LogP contribution in [0.15, 0.2) is 0 Å². The van der Waals surface area contributed by atoms with E-state index in [0.717, 1.165) is 38.2 Å². The Kier molecular flexibility index (Phi) is 2.12. The van der Waals surface area contributed by atoms with Gasteiger partial charge >= 0.3 is 0 Å². The van der Waals surface area contributed by atoms with Gasteiger partial charge < -0.3 is 4.74 Å². The van der Waals surface area contributed by atoms with Crippen molar-refractivity contribution in [2.75, 3.05) is 6.61 Å². The number of ketones is 1. The zero-order chi connectivity index (χ0) is 9.54. The number of Topliss-reactive ketones (excluding diaryl/α,β-unsaturated/α-hetero) is 1. The number of hydrogen-bond acceptors (Lipinski definition) is 2. The third-order valence-electron chi connectivity index (χ3n) is 4.04. The largest absolute Gasteiger partial charge is 0.378 e. The van der Waals surface area contributed by atoms with Gasteiger partial charge in [0.2, 0.25) is 0 Å². The van der Waals surface area contributed by atoms with E-state index in [4.69, 9.17) is 4.74 Å². The van der Waals surface area contributed by atoms with Gasteiger partial charge in [-0.15, -0.1) is 0 Å². The Bertz CT molecular complexity index is 229. The Labute approximate surface area is 85.0 Å². The molecule has 0 radical (unpaired) electrons. The summed E-state index contributed by atoms with van der Waals surface area (Å²) in [5.41, 5.74) is 0. The fraction of sp³-hybridized carbons (Fsp3) is 0.917. The molecule has 3 fully saturated rings. The molecule has 0 unspecified atom stereocenters. The van der Waals surface area contributed by atoms with E-state index in [2.05, 4.69) is 0 Å². The molecule has 0 bridgehead atoms. The van der Waals surface area contributed by atoms with Crippen molar-refractivity contribution in [1.29, 1.82) is 0 Å². The SMILES string of the molecule is O=C1C[C@@H]2C[C@H](OCC3CC3)C[C@@H]2C1. The van der Waals surface area contributed by atoms with Gasteiger partial charge in [0.05, 0.1) is 6.10 Å². The van der Waals surface area contributed by atoms with Gasteiger partial charge in [-0.2, -0.15) is 0 Å². The second-order valence-corrected chi connectivity index (χ2v) is 5.34. The summed E-state index contributed by atoms with van der Waals surface area (Å²) in [5.74, 6) is 2.70. The summed E-state index contributed by atoms with van der Waals surface area (Å²) in [6.07, 6.45) is 7.23. The molecular formula is C12H18O2. The Morgan fingerprint density at radius 2 is 1.79 bits per heavy atom. The van der Waals surface area contributed by atoms with Gasteiger partial charge in [-0.1, -0.05) is 0 Å². The zero-order valence-electron chi connectivity index (χ0n) is 8.58. The molecule has 3 saturated carbocycles. The van der Waals surface area contributed by atoms with Crippen molar-refractivity contribution in [3.8, 4) is 0 Å². The molecule has 0 aromatic carbocycles. The molecule has 0 heterocycles. The van der Waals surface area contributed by atoms with Crippen LogP contribution in [0.25, 0.3) is 0 Å². The molecule has 2 heteroatoms. The first-order chi connectivity index (χ1) is 6.81. The van der Waals surface area contributed by atoms with Crippen LogP contribution < -0.4 is 0 Å². The van der Waals surface area contributed by atoms with E-state index in [1.54, 1.807) is 0 Å². The van der Waals surface area contributed by atoms with E-state index in [-0.39, 0.29) is 0 Å². The molecule has 3 aliphatic carbocycles. The first kappa shape index (κ1) is 8.90. The summed E-state index contributed by atoms with van der Waals surface area (Å²) >= 11 is 0. The third kappa shape index (κ3) is 1.72. The Morgan fingerprint density at radius 3 is 2.36 bits per heavy atom. The molecule has 3 aliphatic rings. The molecule has 78 valence electrons. The lowest BCUT2D eigenvalue weighted by Gasteiger charge is -2.11. The van der Waals surface area contributed by atoms with Crippen molar-refractivity contribution < 1.29 is 9.53 Å². The fourth-order valence-electron chi connectivity index (χ4n) is 3.02. The number of carbonyl (C=O) groups excluding carboxylic acids is 1. The monoisotopic (exact) mass is 194 g/mol. The third-order valence-corrected chi connectivity index (χ3v) is 4.04. The molecule has 0 amide bonds. The lowest BCUT2D eigenvalue weighted by molar-refractivity contribution is -0.118.